The third kappa shape index (κ3) is 3.33. The number of ether oxygens (including phenoxy) is 2. The first-order valence-corrected chi connectivity index (χ1v) is 7.40. The average Bonchev–Trinajstić information content (AvgIpc) is 2.79. The van der Waals surface area contributed by atoms with Gasteiger partial charge in [-0.05, 0) is 38.1 Å². The molecule has 1 aromatic carbocycles. The molecule has 0 saturated heterocycles. The summed E-state index contributed by atoms with van der Waals surface area (Å²) in [5.74, 6) is 0.584. The first-order chi connectivity index (χ1) is 9.51. The van der Waals surface area contributed by atoms with E-state index in [-0.39, 0.29) is 16.9 Å². The lowest BCUT2D eigenvalue weighted by Crippen LogP contribution is -2.21. The number of hydrogen-bond donors (Lipinski definition) is 0. The molecule has 5 heteroatoms. The SMILES string of the molecule is COC(=O)C(Br)Cn1ccc2cc(OC(C)C)ccc21. The Morgan fingerprint density at radius 1 is 1.35 bits per heavy atom. The van der Waals surface area contributed by atoms with Crippen molar-refractivity contribution in [3.05, 3.63) is 30.5 Å². The van der Waals surface area contributed by atoms with E-state index in [1.807, 2.05) is 48.9 Å². The molecule has 0 aliphatic heterocycles. The molecule has 2 rings (SSSR count). The molecule has 0 N–H and O–H groups in total. The topological polar surface area (TPSA) is 40.5 Å². The van der Waals surface area contributed by atoms with Gasteiger partial charge in [-0.1, -0.05) is 15.9 Å². The van der Waals surface area contributed by atoms with Crippen LogP contribution in [-0.2, 0) is 16.1 Å². The summed E-state index contributed by atoms with van der Waals surface area (Å²) in [4.78, 5) is 11.1. The van der Waals surface area contributed by atoms with Gasteiger partial charge in [0.25, 0.3) is 0 Å². The van der Waals surface area contributed by atoms with Gasteiger partial charge in [-0.15, -0.1) is 0 Å². The number of benzene rings is 1. The van der Waals surface area contributed by atoms with E-state index in [1.165, 1.54) is 7.11 Å². The number of nitrogens with zero attached hydrogens (tertiary/aromatic N) is 1. The maximum atomic E-state index is 11.4. The van der Waals surface area contributed by atoms with Gasteiger partial charge >= 0.3 is 5.97 Å². The highest BCUT2D eigenvalue weighted by molar-refractivity contribution is 9.10. The zero-order chi connectivity index (χ0) is 14.7. The Kier molecular flexibility index (Phi) is 4.70. The highest BCUT2D eigenvalue weighted by Gasteiger charge is 2.16. The molecule has 2 aromatic rings. The first-order valence-electron chi connectivity index (χ1n) is 6.48. The third-order valence-corrected chi connectivity index (χ3v) is 3.59. The van der Waals surface area contributed by atoms with Crippen molar-refractivity contribution in [2.45, 2.75) is 31.3 Å². The molecule has 0 saturated carbocycles. The van der Waals surface area contributed by atoms with E-state index in [2.05, 4.69) is 15.9 Å². The van der Waals surface area contributed by atoms with E-state index in [0.717, 1.165) is 16.7 Å². The Labute approximate surface area is 126 Å². The summed E-state index contributed by atoms with van der Waals surface area (Å²) in [6, 6.07) is 7.97. The molecule has 0 aliphatic rings. The van der Waals surface area contributed by atoms with E-state index in [0.29, 0.717) is 6.54 Å². The summed E-state index contributed by atoms with van der Waals surface area (Å²) < 4.78 is 12.4. The normalized spacial score (nSPS) is 12.7. The second kappa shape index (κ2) is 6.31. The maximum absolute atomic E-state index is 11.4. The summed E-state index contributed by atoms with van der Waals surface area (Å²) in [7, 11) is 1.39. The molecular weight excluding hydrogens is 322 g/mol. The van der Waals surface area contributed by atoms with Crippen LogP contribution in [0, 0.1) is 0 Å². The number of rotatable bonds is 5. The summed E-state index contributed by atoms with van der Waals surface area (Å²) in [5.41, 5.74) is 1.06. The first kappa shape index (κ1) is 14.9. The Morgan fingerprint density at radius 2 is 2.10 bits per heavy atom. The molecule has 4 nitrogen and oxygen atoms in total. The van der Waals surface area contributed by atoms with Gasteiger partial charge in [-0.3, -0.25) is 4.79 Å². The zero-order valence-corrected chi connectivity index (χ0v) is 13.4. The van der Waals surface area contributed by atoms with Gasteiger partial charge in [0.05, 0.1) is 13.2 Å². The lowest BCUT2D eigenvalue weighted by molar-refractivity contribution is -0.140. The van der Waals surface area contributed by atoms with Crippen molar-refractivity contribution < 1.29 is 14.3 Å². The van der Waals surface area contributed by atoms with Crippen LogP contribution in [0.2, 0.25) is 0 Å². The monoisotopic (exact) mass is 339 g/mol. The molecule has 0 radical (unpaired) electrons. The molecule has 0 amide bonds. The van der Waals surface area contributed by atoms with Gasteiger partial charge in [0.2, 0.25) is 0 Å². The van der Waals surface area contributed by atoms with Crippen LogP contribution in [-0.4, -0.2) is 28.6 Å². The maximum Gasteiger partial charge on any atom is 0.321 e. The van der Waals surface area contributed by atoms with Gasteiger partial charge in [0.15, 0.2) is 0 Å². The lowest BCUT2D eigenvalue weighted by Gasteiger charge is -2.12. The van der Waals surface area contributed by atoms with Crippen molar-refractivity contribution in [3.8, 4) is 5.75 Å². The van der Waals surface area contributed by atoms with E-state index in [4.69, 9.17) is 9.47 Å². The van der Waals surface area contributed by atoms with Crippen LogP contribution in [0.5, 0.6) is 5.75 Å². The predicted molar refractivity (Wildman–Crippen MR) is 82.4 cm³/mol. The van der Waals surface area contributed by atoms with E-state index in [9.17, 15) is 4.79 Å². The second-order valence-electron chi connectivity index (χ2n) is 4.85. The number of methoxy groups -OCH3 is 1. The van der Waals surface area contributed by atoms with E-state index < -0.39 is 0 Å². The van der Waals surface area contributed by atoms with Gasteiger partial charge in [-0.25, -0.2) is 0 Å². The molecule has 0 aliphatic carbocycles. The van der Waals surface area contributed by atoms with Crippen LogP contribution in [0.1, 0.15) is 13.8 Å². The largest absolute Gasteiger partial charge is 0.491 e. The standard InChI is InChI=1S/C15H18BrNO3/c1-10(2)20-12-4-5-14-11(8-12)6-7-17(14)9-13(16)15(18)19-3/h4-8,10,13H,9H2,1-3H3. The number of hydrogen-bond acceptors (Lipinski definition) is 3. The Hall–Kier alpha value is -1.49. The van der Waals surface area contributed by atoms with E-state index >= 15 is 0 Å². The molecule has 0 bridgehead atoms. The van der Waals surface area contributed by atoms with Gasteiger partial charge in [-0.2, -0.15) is 0 Å². The van der Waals surface area contributed by atoms with Crippen molar-refractivity contribution in [2.75, 3.05) is 7.11 Å². The fourth-order valence-corrected chi connectivity index (χ4v) is 2.56. The molecule has 0 fully saturated rings. The van der Waals surface area contributed by atoms with Crippen LogP contribution in [0.15, 0.2) is 30.5 Å². The molecule has 20 heavy (non-hydrogen) atoms. The minimum Gasteiger partial charge on any atom is -0.491 e. The Bertz CT molecular complexity index is 606. The Balaban J connectivity index is 2.22. The average molecular weight is 340 g/mol. The van der Waals surface area contributed by atoms with Gasteiger partial charge < -0.3 is 14.0 Å². The molecule has 108 valence electrons. The number of halogens is 1. The fraction of sp³-hybridized carbons (Fsp3) is 0.400. The molecule has 1 aromatic heterocycles. The van der Waals surface area contributed by atoms with Crippen molar-refractivity contribution in [3.63, 3.8) is 0 Å². The Morgan fingerprint density at radius 3 is 2.75 bits per heavy atom. The van der Waals surface area contributed by atoms with Crippen molar-refractivity contribution >= 4 is 32.8 Å². The smallest absolute Gasteiger partial charge is 0.321 e. The third-order valence-electron chi connectivity index (χ3n) is 2.93. The summed E-state index contributed by atoms with van der Waals surface area (Å²) in [6.07, 6.45) is 2.11. The minimum atomic E-state index is -0.352. The highest BCUT2D eigenvalue weighted by Crippen LogP contribution is 2.23. The number of carbonyl (C=O) groups excluding carboxylic acids is 1. The fourth-order valence-electron chi connectivity index (χ4n) is 2.06. The molecule has 1 heterocycles. The van der Waals surface area contributed by atoms with Crippen LogP contribution in [0.3, 0.4) is 0 Å². The summed E-state index contributed by atoms with van der Waals surface area (Å²) in [5, 5.41) is 1.09. The number of esters is 1. The van der Waals surface area contributed by atoms with Crippen LogP contribution in [0.25, 0.3) is 10.9 Å². The quantitative estimate of drug-likeness (QED) is 0.619. The molecule has 1 unspecified atom stereocenters. The number of fused-ring (bicyclic) bond motifs is 1. The molecular formula is C15H18BrNO3. The number of alkyl halides is 1. The van der Waals surface area contributed by atoms with E-state index in [1.54, 1.807) is 0 Å². The van der Waals surface area contributed by atoms with Crippen LogP contribution >= 0.6 is 15.9 Å². The lowest BCUT2D eigenvalue weighted by atomic mass is 10.2. The van der Waals surface area contributed by atoms with Crippen molar-refractivity contribution in [2.24, 2.45) is 0 Å². The molecule has 0 spiro atoms. The van der Waals surface area contributed by atoms with Crippen molar-refractivity contribution in [1.29, 1.82) is 0 Å². The number of aromatic nitrogens is 1. The zero-order valence-electron chi connectivity index (χ0n) is 11.8. The van der Waals surface area contributed by atoms with Crippen LogP contribution in [0.4, 0.5) is 0 Å². The van der Waals surface area contributed by atoms with Crippen molar-refractivity contribution in [1.82, 2.24) is 4.57 Å². The number of carbonyl (C=O) groups is 1. The highest BCUT2D eigenvalue weighted by atomic mass is 79.9. The van der Waals surface area contributed by atoms with Gasteiger partial charge in [0, 0.05) is 23.6 Å². The second-order valence-corrected chi connectivity index (χ2v) is 5.95. The predicted octanol–water partition coefficient (Wildman–Crippen LogP) is 3.37. The van der Waals surface area contributed by atoms with Gasteiger partial charge in [0.1, 0.15) is 10.6 Å². The minimum absolute atomic E-state index is 0.154. The molecule has 1 atom stereocenters. The summed E-state index contributed by atoms with van der Waals surface area (Å²) >= 11 is 3.34. The summed E-state index contributed by atoms with van der Waals surface area (Å²) in [6.45, 7) is 4.53. The van der Waals surface area contributed by atoms with Crippen LogP contribution < -0.4 is 4.74 Å².